The third kappa shape index (κ3) is 4.50. The van der Waals surface area contributed by atoms with Gasteiger partial charge in [0.2, 0.25) is 0 Å². The maximum atomic E-state index is 13.4. The maximum absolute atomic E-state index is 13.4. The molecule has 0 bridgehead atoms. The Morgan fingerprint density at radius 1 is 1.29 bits per heavy atom. The largest absolute Gasteiger partial charge is 0.468 e. The van der Waals surface area contributed by atoms with Gasteiger partial charge in [-0.2, -0.15) is 0 Å². The molecular weight excluding hydrogens is 414 g/mol. The summed E-state index contributed by atoms with van der Waals surface area (Å²) in [5.41, 5.74) is 2.77. The quantitative estimate of drug-likeness (QED) is 0.331. The molecule has 1 aliphatic heterocycles. The number of carbonyl (C=O) groups excluding carboxylic acids is 1. The molecule has 1 atom stereocenters. The van der Waals surface area contributed by atoms with Gasteiger partial charge in [0.15, 0.2) is 10.8 Å². The first kappa shape index (κ1) is 21.5. The van der Waals surface area contributed by atoms with E-state index in [-0.39, 0.29) is 22.9 Å². The van der Waals surface area contributed by atoms with Crippen LogP contribution in [0.15, 0.2) is 46.3 Å². The van der Waals surface area contributed by atoms with Gasteiger partial charge >= 0.3 is 5.97 Å². The van der Waals surface area contributed by atoms with Gasteiger partial charge in [0.25, 0.3) is 5.56 Å². The molecule has 8 heteroatoms. The van der Waals surface area contributed by atoms with E-state index in [1.165, 1.54) is 18.9 Å². The van der Waals surface area contributed by atoms with Crippen molar-refractivity contribution in [1.82, 2.24) is 14.5 Å². The van der Waals surface area contributed by atoms with Crippen molar-refractivity contribution in [1.29, 1.82) is 0 Å². The zero-order valence-corrected chi connectivity index (χ0v) is 18.7. The number of thioether (sulfide) groups is 1. The van der Waals surface area contributed by atoms with E-state index in [1.54, 1.807) is 4.57 Å². The van der Waals surface area contributed by atoms with Crippen LogP contribution in [0.3, 0.4) is 0 Å². The molecule has 7 nitrogen and oxygen atoms in total. The molecule has 0 unspecified atom stereocenters. The Hall–Kier alpha value is -2.71. The van der Waals surface area contributed by atoms with Crippen molar-refractivity contribution in [3.63, 3.8) is 0 Å². The number of ether oxygens (including phenoxy) is 2. The van der Waals surface area contributed by atoms with Crippen LogP contribution < -0.4 is 5.56 Å². The molecule has 0 aliphatic carbocycles. The van der Waals surface area contributed by atoms with Gasteiger partial charge in [-0.3, -0.25) is 14.2 Å². The van der Waals surface area contributed by atoms with E-state index >= 15 is 0 Å². The number of fused-ring (bicyclic) bond motifs is 2. The molecule has 0 saturated heterocycles. The number of aromatic nitrogens is 3. The van der Waals surface area contributed by atoms with Gasteiger partial charge in [-0.15, -0.1) is 0 Å². The lowest BCUT2D eigenvalue weighted by molar-refractivity contribution is -0.137. The number of pyridine rings is 1. The van der Waals surface area contributed by atoms with E-state index < -0.39 is 0 Å². The standard InChI is InChI=1S/C23H25N3O4S/c1-4-23(2)11-18-16(13-30-23)10-17-20(24-18)25-22(31-14-19(27)29-3)26(21(17)28)12-15-8-6-5-7-9-15/h5-10H,4,11-14H2,1-3H3/t23-/m1/s1. The van der Waals surface area contributed by atoms with Gasteiger partial charge in [0, 0.05) is 12.0 Å². The molecule has 0 radical (unpaired) electrons. The predicted molar refractivity (Wildman–Crippen MR) is 119 cm³/mol. The van der Waals surface area contributed by atoms with Crippen LogP contribution in [-0.2, 0) is 33.8 Å². The second-order valence-electron chi connectivity index (χ2n) is 7.87. The molecule has 0 spiro atoms. The van der Waals surface area contributed by atoms with Crippen LogP contribution in [0.5, 0.6) is 0 Å². The first-order chi connectivity index (χ1) is 14.9. The lowest BCUT2D eigenvalue weighted by atomic mass is 9.91. The zero-order chi connectivity index (χ0) is 22.0. The van der Waals surface area contributed by atoms with Crippen LogP contribution in [0.2, 0.25) is 0 Å². The molecule has 0 N–H and O–H groups in total. The number of hydrogen-bond acceptors (Lipinski definition) is 7. The van der Waals surface area contributed by atoms with Crippen LogP contribution in [-0.4, -0.2) is 39.0 Å². The highest BCUT2D eigenvalue weighted by atomic mass is 32.2. The summed E-state index contributed by atoms with van der Waals surface area (Å²) in [5, 5.41) is 0.908. The lowest BCUT2D eigenvalue weighted by Crippen LogP contribution is -2.35. The van der Waals surface area contributed by atoms with Gasteiger partial charge in [0.1, 0.15) is 0 Å². The Labute approximate surface area is 184 Å². The minimum Gasteiger partial charge on any atom is -0.468 e. The van der Waals surface area contributed by atoms with Crippen LogP contribution >= 0.6 is 11.8 Å². The SMILES string of the molecule is CC[C@]1(C)Cc2nc3nc(SCC(=O)OC)n(Cc4ccccc4)c(=O)c3cc2CO1. The molecule has 1 aliphatic rings. The van der Waals surface area contributed by atoms with Crippen LogP contribution in [0, 0.1) is 0 Å². The molecular formula is C23H25N3O4S. The topological polar surface area (TPSA) is 83.3 Å². The highest BCUT2D eigenvalue weighted by Gasteiger charge is 2.31. The highest BCUT2D eigenvalue weighted by Crippen LogP contribution is 2.31. The second-order valence-corrected chi connectivity index (χ2v) is 8.81. The fraction of sp³-hybridized carbons (Fsp3) is 0.391. The minimum atomic E-state index is -0.375. The van der Waals surface area contributed by atoms with Gasteiger partial charge in [-0.1, -0.05) is 49.0 Å². The van der Waals surface area contributed by atoms with Crippen molar-refractivity contribution in [2.45, 2.75) is 50.6 Å². The summed E-state index contributed by atoms with van der Waals surface area (Å²) >= 11 is 1.18. The normalized spacial score (nSPS) is 18.0. The van der Waals surface area contributed by atoms with Crippen LogP contribution in [0.25, 0.3) is 11.0 Å². The fourth-order valence-electron chi connectivity index (χ4n) is 3.57. The van der Waals surface area contributed by atoms with E-state index in [0.29, 0.717) is 35.8 Å². The first-order valence-corrected chi connectivity index (χ1v) is 11.2. The fourth-order valence-corrected chi connectivity index (χ4v) is 4.39. The number of methoxy groups -OCH3 is 1. The number of benzene rings is 1. The van der Waals surface area contributed by atoms with Crippen molar-refractivity contribution >= 4 is 28.8 Å². The molecule has 0 fully saturated rings. The number of rotatable bonds is 6. The average Bonchev–Trinajstić information content (AvgIpc) is 2.79. The number of carbonyl (C=O) groups is 1. The van der Waals surface area contributed by atoms with Gasteiger partial charge in [0.05, 0.1) is 42.7 Å². The van der Waals surface area contributed by atoms with Crippen molar-refractivity contribution in [3.05, 3.63) is 63.6 Å². The molecule has 4 rings (SSSR count). The number of hydrogen-bond donors (Lipinski definition) is 0. The molecule has 3 aromatic rings. The van der Waals surface area contributed by atoms with E-state index in [1.807, 2.05) is 36.4 Å². The summed E-state index contributed by atoms with van der Waals surface area (Å²) in [4.78, 5) is 34.6. The molecule has 0 saturated carbocycles. The van der Waals surface area contributed by atoms with E-state index in [4.69, 9.17) is 14.5 Å². The molecule has 3 heterocycles. The van der Waals surface area contributed by atoms with Crippen molar-refractivity contribution in [3.8, 4) is 0 Å². The van der Waals surface area contributed by atoms with Crippen LogP contribution in [0.4, 0.5) is 0 Å². The first-order valence-electron chi connectivity index (χ1n) is 10.2. The smallest absolute Gasteiger partial charge is 0.316 e. The number of esters is 1. The van der Waals surface area contributed by atoms with Crippen molar-refractivity contribution in [2.75, 3.05) is 12.9 Å². The summed E-state index contributed by atoms with van der Waals surface area (Å²) in [6, 6.07) is 11.6. The van der Waals surface area contributed by atoms with Gasteiger partial charge in [-0.25, -0.2) is 9.97 Å². The second kappa shape index (κ2) is 8.80. The summed E-state index contributed by atoms with van der Waals surface area (Å²) in [6.45, 7) is 4.95. The molecule has 2 aromatic heterocycles. The van der Waals surface area contributed by atoms with Crippen molar-refractivity contribution in [2.24, 2.45) is 0 Å². The maximum Gasteiger partial charge on any atom is 0.316 e. The molecule has 0 amide bonds. The summed E-state index contributed by atoms with van der Waals surface area (Å²) in [6.07, 6.45) is 1.55. The highest BCUT2D eigenvalue weighted by molar-refractivity contribution is 7.99. The van der Waals surface area contributed by atoms with E-state index in [2.05, 4.69) is 18.8 Å². The van der Waals surface area contributed by atoms with E-state index in [0.717, 1.165) is 23.2 Å². The van der Waals surface area contributed by atoms with Crippen LogP contribution in [0.1, 0.15) is 37.1 Å². The monoisotopic (exact) mass is 439 g/mol. The average molecular weight is 440 g/mol. The van der Waals surface area contributed by atoms with Gasteiger partial charge in [-0.05, 0) is 25.0 Å². The summed E-state index contributed by atoms with van der Waals surface area (Å²) in [7, 11) is 1.34. The molecule has 162 valence electrons. The Morgan fingerprint density at radius 3 is 2.77 bits per heavy atom. The van der Waals surface area contributed by atoms with Gasteiger partial charge < -0.3 is 9.47 Å². The Kier molecular flexibility index (Phi) is 6.11. The number of nitrogens with zero attached hydrogens (tertiary/aromatic N) is 3. The Bertz CT molecular complexity index is 1180. The Morgan fingerprint density at radius 2 is 2.06 bits per heavy atom. The summed E-state index contributed by atoms with van der Waals surface area (Å²) in [5.74, 6) is -0.310. The Balaban J connectivity index is 1.82. The van der Waals surface area contributed by atoms with E-state index in [9.17, 15) is 9.59 Å². The third-order valence-electron chi connectivity index (χ3n) is 5.67. The van der Waals surface area contributed by atoms with Crippen molar-refractivity contribution < 1.29 is 14.3 Å². The summed E-state index contributed by atoms with van der Waals surface area (Å²) < 4.78 is 12.4. The lowest BCUT2D eigenvalue weighted by Gasteiger charge is -2.33. The predicted octanol–water partition coefficient (Wildman–Crippen LogP) is 3.35. The molecule has 31 heavy (non-hydrogen) atoms. The molecule has 1 aromatic carbocycles. The zero-order valence-electron chi connectivity index (χ0n) is 17.9. The third-order valence-corrected chi connectivity index (χ3v) is 6.62. The minimum absolute atomic E-state index is 0.0654.